The second kappa shape index (κ2) is 10.5. The van der Waals surface area contributed by atoms with Crippen molar-refractivity contribution in [3.63, 3.8) is 0 Å². The van der Waals surface area contributed by atoms with Crippen LogP contribution >= 0.6 is 0 Å². The molecule has 4 rings (SSSR count). The molecule has 0 bridgehead atoms. The lowest BCUT2D eigenvalue weighted by Crippen LogP contribution is -2.40. The second-order valence-corrected chi connectivity index (χ2v) is 8.60. The number of hydrogen-bond donors (Lipinski definition) is 1. The molecule has 0 spiro atoms. The summed E-state index contributed by atoms with van der Waals surface area (Å²) in [4.78, 5) is 25.1. The molecule has 0 atom stereocenters. The highest BCUT2D eigenvalue weighted by atomic mass is 19.3. The number of carbonyl (C=O) groups is 1. The smallest absolute Gasteiger partial charge is 0.412 e. The molecule has 0 aliphatic carbocycles. The van der Waals surface area contributed by atoms with Gasteiger partial charge in [0, 0.05) is 43.9 Å². The van der Waals surface area contributed by atoms with E-state index < -0.39 is 12.0 Å². The number of anilines is 2. The summed E-state index contributed by atoms with van der Waals surface area (Å²) in [6.07, 6.45) is 2.13. The maximum Gasteiger partial charge on any atom is 0.412 e. The van der Waals surface area contributed by atoms with Gasteiger partial charge in [0.2, 0.25) is 5.95 Å². The normalized spacial score (nSPS) is 18.2. The van der Waals surface area contributed by atoms with Gasteiger partial charge in [0.05, 0.1) is 26.3 Å². The quantitative estimate of drug-likeness (QED) is 0.570. The highest BCUT2D eigenvalue weighted by Gasteiger charge is 2.35. The van der Waals surface area contributed by atoms with E-state index in [1.807, 2.05) is 0 Å². The molecule has 1 aromatic carbocycles. The fourth-order valence-electron chi connectivity index (χ4n) is 4.29. The Bertz CT molecular complexity index is 1010. The molecule has 2 aliphatic heterocycles. The van der Waals surface area contributed by atoms with Crippen molar-refractivity contribution >= 4 is 28.8 Å². The molecule has 2 aromatic rings. The number of hydrogen-bond acceptors (Lipinski definition) is 8. The molecule has 186 valence electrons. The summed E-state index contributed by atoms with van der Waals surface area (Å²) < 4.78 is 43.5. The first-order valence-corrected chi connectivity index (χ1v) is 11.6. The van der Waals surface area contributed by atoms with Gasteiger partial charge in [0.1, 0.15) is 5.82 Å². The molecule has 3 heterocycles. The van der Waals surface area contributed by atoms with Crippen LogP contribution in [0.2, 0.25) is 0 Å². The average molecular weight is 480 g/mol. The zero-order chi connectivity index (χ0) is 24.1. The van der Waals surface area contributed by atoms with Crippen LogP contribution < -0.4 is 19.7 Å². The lowest BCUT2D eigenvalue weighted by molar-refractivity contribution is -0.0222. The Morgan fingerprint density at radius 1 is 1.09 bits per heavy atom. The number of rotatable bonds is 8. The topological polar surface area (TPSA) is 89.0 Å². The van der Waals surface area contributed by atoms with Crippen LogP contribution in [0, 0.1) is 0 Å². The molecule has 2 fully saturated rings. The van der Waals surface area contributed by atoms with E-state index in [4.69, 9.17) is 14.2 Å². The van der Waals surface area contributed by atoms with E-state index >= 15 is 0 Å². The molecule has 0 saturated carbocycles. The standard InChI is InChI=1S/C23H31F2N5O4/c1-32-18-14-16-17(15-19(18)34-13-5-10-29-8-3-4-9-29)26-21(27-20(16)28-22(31)33-2)30-11-6-23(24,25)7-12-30/h14-15H,3-13H2,1-2H3,(H,26,27,28,31). The van der Waals surface area contributed by atoms with Crippen LogP contribution in [0.4, 0.5) is 25.3 Å². The number of alkyl halides is 2. The number of methoxy groups -OCH3 is 2. The Morgan fingerprint density at radius 2 is 1.82 bits per heavy atom. The van der Waals surface area contributed by atoms with E-state index in [2.05, 4.69) is 20.2 Å². The van der Waals surface area contributed by atoms with Gasteiger partial charge in [0.15, 0.2) is 11.5 Å². The van der Waals surface area contributed by atoms with Crippen LogP contribution in [0.3, 0.4) is 0 Å². The largest absolute Gasteiger partial charge is 0.493 e. The summed E-state index contributed by atoms with van der Waals surface area (Å²) in [5.74, 6) is -1.21. The molecular formula is C23H31F2N5O4. The van der Waals surface area contributed by atoms with Crippen LogP contribution in [0.5, 0.6) is 11.5 Å². The molecule has 0 radical (unpaired) electrons. The van der Waals surface area contributed by atoms with E-state index in [1.165, 1.54) is 27.1 Å². The molecule has 2 aliphatic rings. The number of nitrogens with zero attached hydrogens (tertiary/aromatic N) is 4. The van der Waals surface area contributed by atoms with E-state index in [0.717, 1.165) is 26.1 Å². The van der Waals surface area contributed by atoms with Gasteiger partial charge in [-0.25, -0.2) is 18.6 Å². The van der Waals surface area contributed by atoms with Gasteiger partial charge in [0.25, 0.3) is 5.92 Å². The van der Waals surface area contributed by atoms with Crippen molar-refractivity contribution in [2.75, 3.05) is 63.8 Å². The van der Waals surface area contributed by atoms with Crippen molar-refractivity contribution in [3.8, 4) is 11.5 Å². The first-order valence-electron chi connectivity index (χ1n) is 11.6. The number of piperidine rings is 1. The molecule has 9 nitrogen and oxygen atoms in total. The van der Waals surface area contributed by atoms with Crippen molar-refractivity contribution in [2.24, 2.45) is 0 Å². The lowest BCUT2D eigenvalue weighted by atomic mass is 10.1. The highest BCUT2D eigenvalue weighted by Crippen LogP contribution is 2.36. The predicted molar refractivity (Wildman–Crippen MR) is 124 cm³/mol. The number of halogens is 2. The van der Waals surface area contributed by atoms with Crippen molar-refractivity contribution in [1.29, 1.82) is 0 Å². The summed E-state index contributed by atoms with van der Waals surface area (Å²) in [5, 5.41) is 3.12. The van der Waals surface area contributed by atoms with Crippen molar-refractivity contribution < 1.29 is 27.8 Å². The molecule has 11 heteroatoms. The minimum Gasteiger partial charge on any atom is -0.493 e. The first-order chi connectivity index (χ1) is 16.4. The summed E-state index contributed by atoms with van der Waals surface area (Å²) in [6.45, 7) is 4.01. The molecular weight excluding hydrogens is 448 g/mol. The van der Waals surface area contributed by atoms with Gasteiger partial charge in [-0.15, -0.1) is 0 Å². The minimum atomic E-state index is -2.69. The van der Waals surface area contributed by atoms with Gasteiger partial charge in [-0.05, 0) is 38.4 Å². The van der Waals surface area contributed by atoms with E-state index in [-0.39, 0.29) is 37.7 Å². The van der Waals surface area contributed by atoms with Crippen molar-refractivity contribution in [3.05, 3.63) is 12.1 Å². The van der Waals surface area contributed by atoms with Crippen LogP contribution in [-0.2, 0) is 4.74 Å². The van der Waals surface area contributed by atoms with E-state index in [9.17, 15) is 13.6 Å². The molecule has 1 amide bonds. The molecule has 1 N–H and O–H groups in total. The molecule has 2 saturated heterocycles. The summed E-state index contributed by atoms with van der Waals surface area (Å²) in [5.41, 5.74) is 0.504. The Labute approximate surface area is 197 Å². The Hall–Kier alpha value is -2.95. The first kappa shape index (κ1) is 24.2. The number of aromatic nitrogens is 2. The van der Waals surface area contributed by atoms with Crippen LogP contribution in [0.25, 0.3) is 10.9 Å². The maximum atomic E-state index is 13.7. The fourth-order valence-corrected chi connectivity index (χ4v) is 4.29. The number of benzene rings is 1. The minimum absolute atomic E-state index is 0.117. The van der Waals surface area contributed by atoms with Gasteiger partial charge < -0.3 is 24.0 Å². The van der Waals surface area contributed by atoms with Gasteiger partial charge in [-0.3, -0.25) is 5.32 Å². The van der Waals surface area contributed by atoms with Crippen LogP contribution in [-0.4, -0.2) is 80.4 Å². The van der Waals surface area contributed by atoms with Crippen molar-refractivity contribution in [2.45, 2.75) is 38.0 Å². The van der Waals surface area contributed by atoms with Crippen molar-refractivity contribution in [1.82, 2.24) is 14.9 Å². The Balaban J connectivity index is 1.60. The maximum absolute atomic E-state index is 13.7. The number of carbonyl (C=O) groups excluding carboxylic acids is 1. The zero-order valence-electron chi connectivity index (χ0n) is 19.6. The third-order valence-corrected chi connectivity index (χ3v) is 6.23. The third-order valence-electron chi connectivity index (χ3n) is 6.23. The summed E-state index contributed by atoms with van der Waals surface area (Å²) in [6, 6.07) is 3.43. The van der Waals surface area contributed by atoms with Gasteiger partial charge in [-0.1, -0.05) is 0 Å². The van der Waals surface area contributed by atoms with Crippen LogP contribution in [0.1, 0.15) is 32.1 Å². The molecule has 1 aromatic heterocycles. The highest BCUT2D eigenvalue weighted by molar-refractivity contribution is 5.98. The summed E-state index contributed by atoms with van der Waals surface area (Å²) >= 11 is 0. The molecule has 34 heavy (non-hydrogen) atoms. The van der Waals surface area contributed by atoms with Gasteiger partial charge in [-0.2, -0.15) is 4.98 Å². The Kier molecular flexibility index (Phi) is 7.50. The number of fused-ring (bicyclic) bond motifs is 1. The van der Waals surface area contributed by atoms with E-state index in [0.29, 0.717) is 29.0 Å². The number of likely N-dealkylation sites (tertiary alicyclic amines) is 1. The zero-order valence-corrected chi connectivity index (χ0v) is 19.6. The number of ether oxygens (including phenoxy) is 3. The van der Waals surface area contributed by atoms with Gasteiger partial charge >= 0.3 is 6.09 Å². The monoisotopic (exact) mass is 479 g/mol. The molecule has 0 unspecified atom stereocenters. The SMILES string of the molecule is COC(=O)Nc1nc(N2CCC(F)(F)CC2)nc2cc(OCCCN3CCCC3)c(OC)cc12. The predicted octanol–water partition coefficient (Wildman–Crippen LogP) is 3.92. The van der Waals surface area contributed by atoms with Crippen LogP contribution in [0.15, 0.2) is 12.1 Å². The second-order valence-electron chi connectivity index (χ2n) is 8.60. The van der Waals surface area contributed by atoms with E-state index in [1.54, 1.807) is 17.0 Å². The number of amides is 1. The average Bonchev–Trinajstić information content (AvgIpc) is 3.34. The lowest BCUT2D eigenvalue weighted by Gasteiger charge is -2.32. The number of nitrogens with one attached hydrogen (secondary N) is 1. The fraction of sp³-hybridized carbons (Fsp3) is 0.609. The Morgan fingerprint density at radius 3 is 2.50 bits per heavy atom. The third kappa shape index (κ3) is 5.75. The summed E-state index contributed by atoms with van der Waals surface area (Å²) in [7, 11) is 2.79.